The molecule has 1 N–H and O–H groups in total. The summed E-state index contributed by atoms with van der Waals surface area (Å²) in [5, 5.41) is 3.20. The minimum Gasteiger partial charge on any atom is -0.354 e. The maximum Gasteiger partial charge on any atom is 0.232 e. The van der Waals surface area contributed by atoms with Crippen LogP contribution in [0.15, 0.2) is 0 Å². The van der Waals surface area contributed by atoms with E-state index in [0.717, 1.165) is 19.0 Å². The molecule has 2 heterocycles. The monoisotopic (exact) mass is 278 g/mol. The second-order valence-corrected chi connectivity index (χ2v) is 5.83. The van der Waals surface area contributed by atoms with Crippen molar-refractivity contribution in [1.82, 2.24) is 15.0 Å². The highest BCUT2D eigenvalue weighted by Crippen LogP contribution is 2.28. The van der Waals surface area contributed by atoms with Crippen LogP contribution >= 0.6 is 0 Å². The summed E-state index contributed by atoms with van der Waals surface area (Å²) in [6.07, 6.45) is 2.43. The summed E-state index contributed by atoms with van der Waals surface area (Å²) in [5.74, 6) is 2.78. The van der Waals surface area contributed by atoms with E-state index in [1.807, 2.05) is 25.9 Å². The molecule has 1 unspecified atom stereocenters. The highest BCUT2D eigenvalue weighted by Gasteiger charge is 2.29. The summed E-state index contributed by atoms with van der Waals surface area (Å²) in [4.78, 5) is 17.9. The van der Waals surface area contributed by atoms with Crippen LogP contribution in [0, 0.1) is 5.92 Å². The number of rotatable bonds is 5. The van der Waals surface area contributed by atoms with Crippen LogP contribution in [0.2, 0.25) is 0 Å². The van der Waals surface area contributed by atoms with Gasteiger partial charge in [-0.2, -0.15) is 15.0 Å². The Kier molecular flexibility index (Phi) is 4.62. The van der Waals surface area contributed by atoms with Crippen molar-refractivity contribution in [3.8, 4) is 0 Å². The third-order valence-corrected chi connectivity index (χ3v) is 3.67. The largest absolute Gasteiger partial charge is 0.354 e. The van der Waals surface area contributed by atoms with Crippen LogP contribution in [-0.4, -0.2) is 48.2 Å². The van der Waals surface area contributed by atoms with Crippen LogP contribution in [0.3, 0.4) is 0 Å². The fourth-order valence-electron chi connectivity index (χ4n) is 2.65. The molecule has 1 aliphatic heterocycles. The Balaban J connectivity index is 2.34. The molecule has 0 aromatic carbocycles. The Bertz CT molecular complexity index is 445. The molecule has 6 nitrogen and oxygen atoms in total. The predicted octanol–water partition coefficient (Wildman–Crippen LogP) is 1.99. The van der Waals surface area contributed by atoms with Gasteiger partial charge in [0.1, 0.15) is 0 Å². The summed E-state index contributed by atoms with van der Waals surface area (Å²) in [7, 11) is 3.91. The first-order valence-corrected chi connectivity index (χ1v) is 7.46. The molecule has 112 valence electrons. The molecule has 2 rings (SSSR count). The van der Waals surface area contributed by atoms with E-state index in [9.17, 15) is 0 Å². The van der Waals surface area contributed by atoms with E-state index in [2.05, 4.69) is 39.0 Å². The summed E-state index contributed by atoms with van der Waals surface area (Å²) in [5.41, 5.74) is 0. The molecule has 0 spiro atoms. The van der Waals surface area contributed by atoms with Gasteiger partial charge in [-0.1, -0.05) is 13.8 Å². The lowest BCUT2D eigenvalue weighted by atomic mass is 10.0. The van der Waals surface area contributed by atoms with Crippen LogP contribution in [-0.2, 0) is 0 Å². The molecule has 1 aromatic rings. The average Bonchev–Trinajstić information content (AvgIpc) is 2.88. The van der Waals surface area contributed by atoms with Gasteiger partial charge < -0.3 is 15.1 Å². The van der Waals surface area contributed by atoms with E-state index >= 15 is 0 Å². The number of nitrogens with zero attached hydrogens (tertiary/aromatic N) is 5. The molecular weight excluding hydrogens is 252 g/mol. The van der Waals surface area contributed by atoms with Crippen molar-refractivity contribution < 1.29 is 0 Å². The molecule has 20 heavy (non-hydrogen) atoms. The topological polar surface area (TPSA) is 57.2 Å². The van der Waals surface area contributed by atoms with Crippen molar-refractivity contribution in [3.63, 3.8) is 0 Å². The zero-order chi connectivity index (χ0) is 14.7. The molecule has 1 aliphatic rings. The van der Waals surface area contributed by atoms with E-state index < -0.39 is 0 Å². The Morgan fingerprint density at radius 2 is 2.05 bits per heavy atom. The van der Waals surface area contributed by atoms with E-state index in [1.165, 1.54) is 12.8 Å². The number of hydrogen-bond donors (Lipinski definition) is 1. The van der Waals surface area contributed by atoms with Crippen molar-refractivity contribution in [3.05, 3.63) is 0 Å². The van der Waals surface area contributed by atoms with Gasteiger partial charge >= 0.3 is 0 Å². The Hall–Kier alpha value is -1.59. The third-order valence-electron chi connectivity index (χ3n) is 3.67. The van der Waals surface area contributed by atoms with Gasteiger partial charge in [0.05, 0.1) is 0 Å². The lowest BCUT2D eigenvalue weighted by molar-refractivity contribution is 0.486. The molecule has 0 saturated carbocycles. The standard InChI is InChI=1S/C14H26N6/c1-6-15-12-16-13(19(4)5)18-14(17-12)20-9-7-8-11(20)10(2)3/h10-11H,6-9H2,1-5H3,(H,15,16,17,18). The Morgan fingerprint density at radius 3 is 2.65 bits per heavy atom. The first-order valence-electron chi connectivity index (χ1n) is 7.46. The first kappa shape index (κ1) is 14.8. The zero-order valence-corrected chi connectivity index (χ0v) is 13.2. The summed E-state index contributed by atoms with van der Waals surface area (Å²) in [6, 6.07) is 0.530. The van der Waals surface area contributed by atoms with E-state index in [4.69, 9.17) is 0 Å². The van der Waals surface area contributed by atoms with Crippen molar-refractivity contribution in [2.45, 2.75) is 39.7 Å². The SMILES string of the molecule is CCNc1nc(N(C)C)nc(N2CCCC2C(C)C)n1. The van der Waals surface area contributed by atoms with Gasteiger partial charge in [0.15, 0.2) is 0 Å². The molecule has 0 bridgehead atoms. The molecular formula is C14H26N6. The zero-order valence-electron chi connectivity index (χ0n) is 13.2. The molecule has 1 atom stereocenters. The summed E-state index contributed by atoms with van der Waals surface area (Å²) in [6.45, 7) is 8.42. The molecule has 0 aliphatic carbocycles. The number of hydrogen-bond acceptors (Lipinski definition) is 6. The smallest absolute Gasteiger partial charge is 0.232 e. The minimum atomic E-state index is 0.530. The second-order valence-electron chi connectivity index (χ2n) is 5.83. The Labute approximate surface area is 121 Å². The van der Waals surface area contributed by atoms with Gasteiger partial charge in [0.2, 0.25) is 17.8 Å². The molecule has 1 aromatic heterocycles. The fraction of sp³-hybridized carbons (Fsp3) is 0.786. The van der Waals surface area contributed by atoms with Crippen LogP contribution < -0.4 is 15.1 Å². The van der Waals surface area contributed by atoms with Gasteiger partial charge in [-0.05, 0) is 25.7 Å². The quantitative estimate of drug-likeness (QED) is 0.889. The molecule has 0 amide bonds. The maximum absolute atomic E-state index is 4.62. The molecule has 0 radical (unpaired) electrons. The van der Waals surface area contributed by atoms with E-state index in [0.29, 0.717) is 23.9 Å². The minimum absolute atomic E-state index is 0.530. The van der Waals surface area contributed by atoms with Crippen molar-refractivity contribution in [2.24, 2.45) is 5.92 Å². The van der Waals surface area contributed by atoms with Crippen LogP contribution in [0.5, 0.6) is 0 Å². The lowest BCUT2D eigenvalue weighted by Crippen LogP contribution is -2.35. The van der Waals surface area contributed by atoms with Gasteiger partial charge in [-0.25, -0.2) is 0 Å². The van der Waals surface area contributed by atoms with Crippen molar-refractivity contribution in [2.75, 3.05) is 42.3 Å². The third kappa shape index (κ3) is 3.11. The molecule has 1 fully saturated rings. The van der Waals surface area contributed by atoms with E-state index in [-0.39, 0.29) is 0 Å². The highest BCUT2D eigenvalue weighted by atomic mass is 15.4. The number of aromatic nitrogens is 3. The van der Waals surface area contributed by atoms with Crippen LogP contribution in [0.1, 0.15) is 33.6 Å². The lowest BCUT2D eigenvalue weighted by Gasteiger charge is -2.28. The Morgan fingerprint density at radius 1 is 1.30 bits per heavy atom. The van der Waals surface area contributed by atoms with Crippen molar-refractivity contribution >= 4 is 17.8 Å². The van der Waals surface area contributed by atoms with Gasteiger partial charge in [0.25, 0.3) is 0 Å². The van der Waals surface area contributed by atoms with Crippen LogP contribution in [0.25, 0.3) is 0 Å². The van der Waals surface area contributed by atoms with Gasteiger partial charge in [0, 0.05) is 33.2 Å². The fourth-order valence-corrected chi connectivity index (χ4v) is 2.65. The molecule has 1 saturated heterocycles. The normalized spacial score (nSPS) is 18.7. The highest BCUT2D eigenvalue weighted by molar-refractivity contribution is 5.45. The van der Waals surface area contributed by atoms with E-state index in [1.54, 1.807) is 0 Å². The van der Waals surface area contributed by atoms with Crippen LogP contribution in [0.4, 0.5) is 17.8 Å². The predicted molar refractivity (Wildman–Crippen MR) is 83.5 cm³/mol. The summed E-state index contributed by atoms with van der Waals surface area (Å²) >= 11 is 0. The first-order chi connectivity index (χ1) is 9.52. The number of anilines is 3. The number of nitrogens with one attached hydrogen (secondary N) is 1. The maximum atomic E-state index is 4.62. The second kappa shape index (κ2) is 6.24. The van der Waals surface area contributed by atoms with Gasteiger partial charge in [-0.3, -0.25) is 0 Å². The molecule has 6 heteroatoms. The average molecular weight is 278 g/mol. The summed E-state index contributed by atoms with van der Waals surface area (Å²) < 4.78 is 0. The van der Waals surface area contributed by atoms with Crippen molar-refractivity contribution in [1.29, 1.82) is 0 Å². The van der Waals surface area contributed by atoms with Gasteiger partial charge in [-0.15, -0.1) is 0 Å².